The van der Waals surface area contributed by atoms with Crippen molar-refractivity contribution in [3.8, 4) is 5.75 Å². The first-order valence-electron chi connectivity index (χ1n) is 9.84. The van der Waals surface area contributed by atoms with Crippen LogP contribution in [0.3, 0.4) is 0 Å². The molecule has 0 unspecified atom stereocenters. The molecule has 0 atom stereocenters. The number of para-hydroxylation sites is 2. The molecular formula is C21H32N2O3. The third-order valence-electron chi connectivity index (χ3n) is 5.05. The number of anilines is 1. The highest BCUT2D eigenvalue weighted by molar-refractivity contribution is 5.95. The van der Waals surface area contributed by atoms with Gasteiger partial charge in [-0.1, -0.05) is 51.2 Å². The van der Waals surface area contributed by atoms with Crippen LogP contribution in [0.5, 0.6) is 5.75 Å². The van der Waals surface area contributed by atoms with Gasteiger partial charge < -0.3 is 15.0 Å². The van der Waals surface area contributed by atoms with Crippen molar-refractivity contribution in [3.63, 3.8) is 0 Å². The lowest BCUT2D eigenvalue weighted by molar-refractivity contribution is -0.135. The molecule has 1 aromatic rings. The van der Waals surface area contributed by atoms with Gasteiger partial charge in [-0.05, 0) is 30.9 Å². The number of hydrogen-bond acceptors (Lipinski definition) is 3. The molecule has 2 amide bonds. The number of methoxy groups -OCH3 is 1. The predicted octanol–water partition coefficient (Wildman–Crippen LogP) is 4.23. The van der Waals surface area contributed by atoms with Crippen molar-refractivity contribution in [2.45, 2.75) is 58.3 Å². The minimum absolute atomic E-state index is 0.0904. The van der Waals surface area contributed by atoms with Crippen LogP contribution in [-0.4, -0.2) is 36.9 Å². The van der Waals surface area contributed by atoms with Crippen LogP contribution in [0.1, 0.15) is 58.3 Å². The molecule has 1 fully saturated rings. The van der Waals surface area contributed by atoms with Gasteiger partial charge in [0.15, 0.2) is 0 Å². The Hall–Kier alpha value is -2.04. The minimum Gasteiger partial charge on any atom is -0.495 e. The monoisotopic (exact) mass is 360 g/mol. The van der Waals surface area contributed by atoms with Gasteiger partial charge in [0.2, 0.25) is 11.8 Å². The first-order chi connectivity index (χ1) is 12.6. The Morgan fingerprint density at radius 1 is 1.19 bits per heavy atom. The van der Waals surface area contributed by atoms with E-state index in [1.165, 1.54) is 32.1 Å². The third-order valence-corrected chi connectivity index (χ3v) is 5.05. The Kier molecular flexibility index (Phi) is 8.45. The van der Waals surface area contributed by atoms with Crippen LogP contribution in [0.4, 0.5) is 5.69 Å². The van der Waals surface area contributed by atoms with Crippen molar-refractivity contribution in [1.29, 1.82) is 0 Å². The maximum Gasteiger partial charge on any atom is 0.244 e. The summed E-state index contributed by atoms with van der Waals surface area (Å²) in [5.41, 5.74) is 0.631. The fourth-order valence-corrected chi connectivity index (χ4v) is 3.63. The molecule has 0 bridgehead atoms. The van der Waals surface area contributed by atoms with Gasteiger partial charge in [-0.25, -0.2) is 0 Å². The largest absolute Gasteiger partial charge is 0.495 e. The highest BCUT2D eigenvalue weighted by Crippen LogP contribution is 2.27. The number of nitrogens with one attached hydrogen (secondary N) is 1. The van der Waals surface area contributed by atoms with Gasteiger partial charge >= 0.3 is 0 Å². The summed E-state index contributed by atoms with van der Waals surface area (Å²) < 4.78 is 5.26. The Balaban J connectivity index is 1.87. The zero-order chi connectivity index (χ0) is 18.8. The Morgan fingerprint density at radius 3 is 2.62 bits per heavy atom. The molecular weight excluding hydrogens is 328 g/mol. The maximum absolute atomic E-state index is 12.6. The van der Waals surface area contributed by atoms with Crippen LogP contribution in [0, 0.1) is 5.92 Å². The second-order valence-electron chi connectivity index (χ2n) is 7.11. The summed E-state index contributed by atoms with van der Waals surface area (Å²) in [5.74, 6) is 1.20. The molecule has 0 saturated heterocycles. The molecule has 26 heavy (non-hydrogen) atoms. The number of carbonyl (C=O) groups is 2. The SMILES string of the molecule is CCCN(CC(=O)Nc1ccccc1OC)C(=O)CCC1CCCCC1. The molecule has 1 aliphatic rings. The summed E-state index contributed by atoms with van der Waals surface area (Å²) in [6.07, 6.45) is 8.74. The molecule has 1 saturated carbocycles. The lowest BCUT2D eigenvalue weighted by Crippen LogP contribution is -2.38. The van der Waals surface area contributed by atoms with Crippen molar-refractivity contribution in [2.75, 3.05) is 25.5 Å². The first kappa shape index (κ1) is 20.3. The third kappa shape index (κ3) is 6.36. The van der Waals surface area contributed by atoms with Crippen molar-refractivity contribution in [3.05, 3.63) is 24.3 Å². The summed E-state index contributed by atoms with van der Waals surface area (Å²) in [5, 5.41) is 2.85. The van der Waals surface area contributed by atoms with Gasteiger partial charge in [0.05, 0.1) is 19.3 Å². The van der Waals surface area contributed by atoms with E-state index in [4.69, 9.17) is 4.74 Å². The van der Waals surface area contributed by atoms with Crippen molar-refractivity contribution >= 4 is 17.5 Å². The Labute approximate surface area is 157 Å². The van der Waals surface area contributed by atoms with Gasteiger partial charge in [-0.15, -0.1) is 0 Å². The number of nitrogens with zero attached hydrogens (tertiary/aromatic N) is 1. The molecule has 144 valence electrons. The van der Waals surface area contributed by atoms with E-state index in [0.717, 1.165) is 12.8 Å². The molecule has 0 heterocycles. The molecule has 0 radical (unpaired) electrons. The van der Waals surface area contributed by atoms with Crippen molar-refractivity contribution in [1.82, 2.24) is 4.90 Å². The molecule has 0 spiro atoms. The molecule has 5 nitrogen and oxygen atoms in total. The zero-order valence-corrected chi connectivity index (χ0v) is 16.1. The van der Waals surface area contributed by atoms with E-state index >= 15 is 0 Å². The Morgan fingerprint density at radius 2 is 1.92 bits per heavy atom. The normalized spacial score (nSPS) is 14.7. The lowest BCUT2D eigenvalue weighted by Gasteiger charge is -2.25. The van der Waals surface area contributed by atoms with E-state index in [1.807, 2.05) is 19.1 Å². The van der Waals surface area contributed by atoms with Gasteiger partial charge in [0.25, 0.3) is 0 Å². The van der Waals surface area contributed by atoms with Crippen LogP contribution in [0.2, 0.25) is 0 Å². The van der Waals surface area contributed by atoms with E-state index in [-0.39, 0.29) is 18.4 Å². The summed E-state index contributed by atoms with van der Waals surface area (Å²) in [6, 6.07) is 7.30. The second-order valence-corrected chi connectivity index (χ2v) is 7.11. The molecule has 1 N–H and O–H groups in total. The van der Waals surface area contributed by atoms with Crippen LogP contribution >= 0.6 is 0 Å². The van der Waals surface area contributed by atoms with E-state index in [2.05, 4.69) is 5.32 Å². The number of amides is 2. The number of benzene rings is 1. The molecule has 2 rings (SSSR count). The van der Waals surface area contributed by atoms with Crippen LogP contribution in [-0.2, 0) is 9.59 Å². The fraction of sp³-hybridized carbons (Fsp3) is 0.619. The van der Waals surface area contributed by atoms with Crippen LogP contribution < -0.4 is 10.1 Å². The average molecular weight is 360 g/mol. The number of hydrogen-bond donors (Lipinski definition) is 1. The summed E-state index contributed by atoms with van der Waals surface area (Å²) in [6.45, 7) is 2.73. The molecule has 0 aromatic heterocycles. The van der Waals surface area contributed by atoms with E-state index in [0.29, 0.717) is 30.3 Å². The van der Waals surface area contributed by atoms with Gasteiger partial charge in [0, 0.05) is 13.0 Å². The topological polar surface area (TPSA) is 58.6 Å². The smallest absolute Gasteiger partial charge is 0.244 e. The molecule has 1 aliphatic carbocycles. The highest BCUT2D eigenvalue weighted by atomic mass is 16.5. The summed E-state index contributed by atoms with van der Waals surface area (Å²) >= 11 is 0. The number of ether oxygens (including phenoxy) is 1. The molecule has 5 heteroatoms. The van der Waals surface area contributed by atoms with Crippen molar-refractivity contribution < 1.29 is 14.3 Å². The standard InChI is InChI=1S/C21H32N2O3/c1-3-15-23(21(25)14-13-17-9-5-4-6-10-17)16-20(24)22-18-11-7-8-12-19(18)26-2/h7-8,11-12,17H,3-6,9-10,13-16H2,1-2H3,(H,22,24). The van der Waals surface area contributed by atoms with E-state index in [9.17, 15) is 9.59 Å². The number of rotatable bonds is 9. The molecule has 1 aromatic carbocycles. The highest BCUT2D eigenvalue weighted by Gasteiger charge is 2.20. The summed E-state index contributed by atoms with van der Waals surface area (Å²) in [4.78, 5) is 26.7. The Bertz CT molecular complexity index is 582. The van der Waals surface area contributed by atoms with E-state index in [1.54, 1.807) is 24.1 Å². The van der Waals surface area contributed by atoms with Crippen LogP contribution in [0.15, 0.2) is 24.3 Å². The lowest BCUT2D eigenvalue weighted by atomic mass is 9.86. The van der Waals surface area contributed by atoms with Crippen molar-refractivity contribution in [2.24, 2.45) is 5.92 Å². The van der Waals surface area contributed by atoms with Gasteiger partial charge in [0.1, 0.15) is 5.75 Å². The molecule has 0 aliphatic heterocycles. The predicted molar refractivity (Wildman–Crippen MR) is 104 cm³/mol. The van der Waals surface area contributed by atoms with Gasteiger partial charge in [-0.2, -0.15) is 0 Å². The van der Waals surface area contributed by atoms with E-state index < -0.39 is 0 Å². The quantitative estimate of drug-likeness (QED) is 0.717. The number of carbonyl (C=O) groups excluding carboxylic acids is 2. The van der Waals surface area contributed by atoms with Gasteiger partial charge in [-0.3, -0.25) is 9.59 Å². The first-order valence-corrected chi connectivity index (χ1v) is 9.84. The zero-order valence-electron chi connectivity index (χ0n) is 16.1. The maximum atomic E-state index is 12.6. The summed E-state index contributed by atoms with van der Waals surface area (Å²) in [7, 11) is 1.57. The fourth-order valence-electron chi connectivity index (χ4n) is 3.63. The second kappa shape index (κ2) is 10.8. The minimum atomic E-state index is -0.186. The van der Waals surface area contributed by atoms with Crippen LogP contribution in [0.25, 0.3) is 0 Å². The average Bonchev–Trinajstić information content (AvgIpc) is 2.67.